The number of benzene rings is 2. The Morgan fingerprint density at radius 1 is 1.03 bits per heavy atom. The van der Waals surface area contributed by atoms with Gasteiger partial charge in [0.15, 0.2) is 11.0 Å². The van der Waals surface area contributed by atoms with Crippen LogP contribution in [0.25, 0.3) is 11.4 Å². The molecule has 3 aromatic rings. The Hall–Kier alpha value is -3.20. The fraction of sp³-hybridized carbons (Fsp3) is 0.318. The van der Waals surface area contributed by atoms with Crippen LogP contribution in [0.15, 0.2) is 47.6 Å². The number of nitrogens with zero attached hydrogens (tertiary/aromatic N) is 3. The number of methoxy groups -OCH3 is 2. The topological polar surface area (TPSA) is 87.5 Å². The van der Waals surface area contributed by atoms with Crippen LogP contribution in [0.1, 0.15) is 13.8 Å². The average Bonchev–Trinajstić information content (AvgIpc) is 3.21. The standard InChI is InChI=1S/C22H26N4O4S/c1-5-26-21(15-7-9-16(10-8-15)30-6-2)24-25-22(26)31-14-20(27)23-18-12-11-17(28-3)13-19(18)29-4/h7-13H,5-6,14H2,1-4H3,(H,23,27). The molecule has 0 aliphatic rings. The highest BCUT2D eigenvalue weighted by Crippen LogP contribution is 2.30. The number of anilines is 1. The van der Waals surface area contributed by atoms with Gasteiger partial charge >= 0.3 is 0 Å². The first-order valence-corrected chi connectivity index (χ1v) is 10.9. The summed E-state index contributed by atoms with van der Waals surface area (Å²) < 4.78 is 18.0. The van der Waals surface area contributed by atoms with Crippen molar-refractivity contribution in [2.75, 3.05) is 31.9 Å². The fourth-order valence-electron chi connectivity index (χ4n) is 2.98. The third-order valence-electron chi connectivity index (χ3n) is 4.47. The van der Waals surface area contributed by atoms with E-state index in [2.05, 4.69) is 15.5 Å². The quantitative estimate of drug-likeness (QED) is 0.473. The summed E-state index contributed by atoms with van der Waals surface area (Å²) in [5.41, 5.74) is 1.53. The van der Waals surface area contributed by atoms with Crippen LogP contribution < -0.4 is 19.5 Å². The Morgan fingerprint density at radius 2 is 1.77 bits per heavy atom. The molecule has 0 aliphatic heterocycles. The van der Waals surface area contributed by atoms with Gasteiger partial charge in [0.05, 0.1) is 32.3 Å². The van der Waals surface area contributed by atoms with Crippen LogP contribution in [0.4, 0.5) is 5.69 Å². The van der Waals surface area contributed by atoms with Gasteiger partial charge in [0, 0.05) is 18.2 Å². The highest BCUT2D eigenvalue weighted by atomic mass is 32.2. The summed E-state index contributed by atoms with van der Waals surface area (Å²) in [5, 5.41) is 12.2. The van der Waals surface area contributed by atoms with E-state index in [-0.39, 0.29) is 11.7 Å². The van der Waals surface area contributed by atoms with Crippen LogP contribution >= 0.6 is 11.8 Å². The van der Waals surface area contributed by atoms with Crippen LogP contribution in [0.3, 0.4) is 0 Å². The molecule has 2 aromatic carbocycles. The first kappa shape index (κ1) is 22.5. The highest BCUT2D eigenvalue weighted by Gasteiger charge is 2.16. The molecular weight excluding hydrogens is 416 g/mol. The van der Waals surface area contributed by atoms with Gasteiger partial charge in [-0.05, 0) is 50.2 Å². The maximum atomic E-state index is 12.5. The van der Waals surface area contributed by atoms with Crippen molar-refractivity contribution in [3.63, 3.8) is 0 Å². The lowest BCUT2D eigenvalue weighted by Gasteiger charge is -2.12. The third-order valence-corrected chi connectivity index (χ3v) is 5.44. The minimum atomic E-state index is -0.165. The molecule has 1 heterocycles. The van der Waals surface area contributed by atoms with Crippen molar-refractivity contribution in [3.05, 3.63) is 42.5 Å². The SMILES string of the molecule is CCOc1ccc(-c2nnc(SCC(=O)Nc3ccc(OC)cc3OC)n2CC)cc1. The largest absolute Gasteiger partial charge is 0.497 e. The number of amides is 1. The van der Waals surface area contributed by atoms with Gasteiger partial charge in [-0.15, -0.1) is 10.2 Å². The number of carbonyl (C=O) groups is 1. The molecule has 0 unspecified atom stereocenters. The predicted molar refractivity (Wildman–Crippen MR) is 121 cm³/mol. The number of aromatic nitrogens is 3. The zero-order valence-corrected chi connectivity index (χ0v) is 18.9. The van der Waals surface area contributed by atoms with Gasteiger partial charge in [-0.3, -0.25) is 4.79 Å². The Balaban J connectivity index is 1.67. The summed E-state index contributed by atoms with van der Waals surface area (Å²) in [6.07, 6.45) is 0. The van der Waals surface area contributed by atoms with Gasteiger partial charge in [-0.2, -0.15) is 0 Å². The second-order valence-corrected chi connectivity index (χ2v) is 7.35. The van der Waals surface area contributed by atoms with Crippen molar-refractivity contribution < 1.29 is 19.0 Å². The minimum absolute atomic E-state index is 0.165. The smallest absolute Gasteiger partial charge is 0.234 e. The summed E-state index contributed by atoms with van der Waals surface area (Å²) in [6, 6.07) is 13.0. The van der Waals surface area contributed by atoms with Crippen LogP contribution in [0.2, 0.25) is 0 Å². The summed E-state index contributed by atoms with van der Waals surface area (Å²) >= 11 is 1.33. The minimum Gasteiger partial charge on any atom is -0.497 e. The molecule has 1 amide bonds. The average molecular weight is 443 g/mol. The lowest BCUT2D eigenvalue weighted by Crippen LogP contribution is -2.15. The highest BCUT2D eigenvalue weighted by molar-refractivity contribution is 7.99. The van der Waals surface area contributed by atoms with E-state index in [0.29, 0.717) is 35.5 Å². The number of hydrogen-bond acceptors (Lipinski definition) is 7. The zero-order valence-electron chi connectivity index (χ0n) is 18.0. The van der Waals surface area contributed by atoms with Crippen LogP contribution in [-0.4, -0.2) is 47.3 Å². The van der Waals surface area contributed by atoms with E-state index in [0.717, 1.165) is 17.1 Å². The molecule has 31 heavy (non-hydrogen) atoms. The third kappa shape index (κ3) is 5.49. The normalized spacial score (nSPS) is 10.6. The second kappa shape index (κ2) is 10.7. The molecule has 0 saturated heterocycles. The van der Waals surface area contributed by atoms with Crippen molar-refractivity contribution in [2.45, 2.75) is 25.5 Å². The number of rotatable bonds is 10. The molecule has 3 rings (SSSR count). The molecule has 0 bridgehead atoms. The summed E-state index contributed by atoms with van der Waals surface area (Å²) in [7, 11) is 3.13. The molecule has 1 N–H and O–H groups in total. The lowest BCUT2D eigenvalue weighted by molar-refractivity contribution is -0.113. The summed E-state index contributed by atoms with van der Waals surface area (Å²) in [4.78, 5) is 12.5. The van der Waals surface area contributed by atoms with E-state index in [1.165, 1.54) is 11.8 Å². The first-order chi connectivity index (χ1) is 15.1. The van der Waals surface area contributed by atoms with Crippen LogP contribution in [0, 0.1) is 0 Å². The number of nitrogens with one attached hydrogen (secondary N) is 1. The molecule has 1 aromatic heterocycles. The molecule has 0 fully saturated rings. The molecule has 0 spiro atoms. The second-order valence-electron chi connectivity index (χ2n) is 6.41. The maximum Gasteiger partial charge on any atom is 0.234 e. The Kier molecular flexibility index (Phi) is 7.77. The van der Waals surface area contributed by atoms with E-state index in [4.69, 9.17) is 14.2 Å². The van der Waals surface area contributed by atoms with Crippen LogP contribution in [-0.2, 0) is 11.3 Å². The molecule has 164 valence electrons. The zero-order chi connectivity index (χ0) is 22.2. The van der Waals surface area contributed by atoms with Crippen molar-refractivity contribution >= 4 is 23.4 Å². The maximum absolute atomic E-state index is 12.5. The number of carbonyl (C=O) groups excluding carboxylic acids is 1. The lowest BCUT2D eigenvalue weighted by atomic mass is 10.2. The van der Waals surface area contributed by atoms with E-state index in [1.54, 1.807) is 32.4 Å². The molecule has 9 heteroatoms. The Morgan fingerprint density at radius 3 is 2.42 bits per heavy atom. The summed E-state index contributed by atoms with van der Waals surface area (Å²) in [6.45, 7) is 5.28. The van der Waals surface area contributed by atoms with E-state index in [9.17, 15) is 4.79 Å². The monoisotopic (exact) mass is 442 g/mol. The molecule has 0 saturated carbocycles. The summed E-state index contributed by atoms with van der Waals surface area (Å²) in [5.74, 6) is 2.78. The molecule has 0 aliphatic carbocycles. The van der Waals surface area contributed by atoms with Gasteiger partial charge in [0.1, 0.15) is 17.2 Å². The molecule has 8 nitrogen and oxygen atoms in total. The van der Waals surface area contributed by atoms with Gasteiger partial charge < -0.3 is 24.1 Å². The van der Waals surface area contributed by atoms with Crippen molar-refractivity contribution in [1.82, 2.24) is 14.8 Å². The van der Waals surface area contributed by atoms with E-state index in [1.807, 2.05) is 42.7 Å². The van der Waals surface area contributed by atoms with Crippen LogP contribution in [0.5, 0.6) is 17.2 Å². The van der Waals surface area contributed by atoms with Crippen molar-refractivity contribution in [3.8, 4) is 28.6 Å². The molecule has 0 radical (unpaired) electrons. The van der Waals surface area contributed by atoms with E-state index < -0.39 is 0 Å². The predicted octanol–water partition coefficient (Wildman–Crippen LogP) is 4.11. The fourth-order valence-corrected chi connectivity index (χ4v) is 3.78. The van der Waals surface area contributed by atoms with Crippen molar-refractivity contribution in [1.29, 1.82) is 0 Å². The number of thioether (sulfide) groups is 1. The molecular formula is C22H26N4O4S. The molecule has 0 atom stereocenters. The van der Waals surface area contributed by atoms with Gasteiger partial charge in [0.25, 0.3) is 0 Å². The number of hydrogen-bond donors (Lipinski definition) is 1. The first-order valence-electron chi connectivity index (χ1n) is 9.90. The van der Waals surface area contributed by atoms with Crippen molar-refractivity contribution in [2.24, 2.45) is 0 Å². The van der Waals surface area contributed by atoms with Gasteiger partial charge in [-0.25, -0.2) is 0 Å². The Bertz CT molecular complexity index is 1020. The van der Waals surface area contributed by atoms with E-state index >= 15 is 0 Å². The van der Waals surface area contributed by atoms with Gasteiger partial charge in [0.2, 0.25) is 5.91 Å². The Labute approximate surface area is 185 Å². The number of ether oxygens (including phenoxy) is 3. The van der Waals surface area contributed by atoms with Gasteiger partial charge in [-0.1, -0.05) is 11.8 Å².